The molecule has 0 spiro atoms. The number of aromatic nitrogens is 1. The van der Waals surface area contributed by atoms with Gasteiger partial charge in [-0.2, -0.15) is 0 Å². The number of piperazine rings is 1. The second-order valence-electron chi connectivity index (χ2n) is 5.34. The summed E-state index contributed by atoms with van der Waals surface area (Å²) in [4.78, 5) is 8.02. The minimum absolute atomic E-state index is 0.247. The van der Waals surface area contributed by atoms with Crippen molar-refractivity contribution in [3.63, 3.8) is 0 Å². The second kappa shape index (κ2) is 5.30. The summed E-state index contributed by atoms with van der Waals surface area (Å²) in [5, 5.41) is 2.39. The van der Waals surface area contributed by atoms with Crippen LogP contribution < -0.4 is 10.6 Å². The number of hydrazine groups is 1. The summed E-state index contributed by atoms with van der Waals surface area (Å²) < 4.78 is 25.0. The molecule has 0 saturated carbocycles. The number of sulfonamides is 1. The number of benzene rings is 1. The van der Waals surface area contributed by atoms with Gasteiger partial charge in [-0.15, -0.1) is 4.83 Å². The van der Waals surface area contributed by atoms with Crippen LogP contribution in [0.25, 0.3) is 10.9 Å². The molecule has 1 aromatic carbocycles. The van der Waals surface area contributed by atoms with Crippen LogP contribution in [0.2, 0.25) is 0 Å². The van der Waals surface area contributed by atoms with E-state index in [9.17, 15) is 8.42 Å². The molecule has 114 valence electrons. The van der Waals surface area contributed by atoms with Gasteiger partial charge in [-0.1, -0.05) is 0 Å². The zero-order chi connectivity index (χ0) is 15.0. The predicted octanol–water partition coefficient (Wildman–Crippen LogP) is 0.191. The highest BCUT2D eigenvalue weighted by Crippen LogP contribution is 2.24. The van der Waals surface area contributed by atoms with Crippen molar-refractivity contribution in [2.75, 3.05) is 39.0 Å². The molecule has 1 fully saturated rings. The molecule has 0 radical (unpaired) electrons. The van der Waals surface area contributed by atoms with Crippen molar-refractivity contribution in [2.45, 2.75) is 4.90 Å². The monoisotopic (exact) mass is 309 g/mol. The highest BCUT2D eigenvalue weighted by molar-refractivity contribution is 7.89. The van der Waals surface area contributed by atoms with E-state index in [1.165, 1.54) is 6.20 Å². The molecular weight excluding hydrogens is 290 g/mol. The largest absolute Gasteiger partial charge is 0.399 e. The maximum atomic E-state index is 12.5. The topological polar surface area (TPSA) is 94.5 Å². The van der Waals surface area contributed by atoms with E-state index in [-0.39, 0.29) is 4.90 Å². The Balaban J connectivity index is 1.86. The molecule has 1 aliphatic rings. The van der Waals surface area contributed by atoms with Crippen molar-refractivity contribution in [1.29, 1.82) is 0 Å². The van der Waals surface area contributed by atoms with Crippen LogP contribution in [0.15, 0.2) is 29.3 Å². The van der Waals surface area contributed by atoms with Crippen molar-refractivity contribution in [2.24, 2.45) is 0 Å². The summed E-state index contributed by atoms with van der Waals surface area (Å²) >= 11 is 0. The van der Waals surface area contributed by atoms with Crippen molar-refractivity contribution in [3.05, 3.63) is 24.4 Å². The minimum Gasteiger partial charge on any atom is -0.399 e. The number of aromatic amines is 1. The smallest absolute Gasteiger partial charge is 0.255 e. The van der Waals surface area contributed by atoms with Crippen LogP contribution in [0.1, 0.15) is 0 Å². The number of nitrogen functional groups attached to an aromatic ring is 1. The van der Waals surface area contributed by atoms with Gasteiger partial charge >= 0.3 is 0 Å². The van der Waals surface area contributed by atoms with Crippen LogP contribution in [0.3, 0.4) is 0 Å². The Morgan fingerprint density at radius 3 is 2.67 bits per heavy atom. The normalized spacial score (nSPS) is 18.3. The Bertz CT molecular complexity index is 747. The van der Waals surface area contributed by atoms with Gasteiger partial charge in [0.15, 0.2) is 0 Å². The first kappa shape index (κ1) is 14.3. The van der Waals surface area contributed by atoms with E-state index in [0.29, 0.717) is 29.7 Å². The number of nitrogens with zero attached hydrogens (tertiary/aromatic N) is 2. The fraction of sp³-hybridized carbons (Fsp3) is 0.385. The van der Waals surface area contributed by atoms with Gasteiger partial charge < -0.3 is 15.6 Å². The average Bonchev–Trinajstić information content (AvgIpc) is 2.85. The molecule has 7 nitrogen and oxygen atoms in total. The van der Waals surface area contributed by atoms with Crippen LogP contribution in [-0.2, 0) is 10.0 Å². The third-order valence-electron chi connectivity index (χ3n) is 3.71. The van der Waals surface area contributed by atoms with Gasteiger partial charge in [0, 0.05) is 49.0 Å². The van der Waals surface area contributed by atoms with Gasteiger partial charge in [0.1, 0.15) is 4.90 Å². The lowest BCUT2D eigenvalue weighted by atomic mass is 10.2. The molecule has 0 aliphatic carbocycles. The molecule has 2 aromatic rings. The lowest BCUT2D eigenvalue weighted by Crippen LogP contribution is -2.52. The van der Waals surface area contributed by atoms with E-state index in [0.717, 1.165) is 13.1 Å². The van der Waals surface area contributed by atoms with Crippen LogP contribution in [-0.4, -0.2) is 56.5 Å². The third kappa shape index (κ3) is 2.88. The number of nitrogens with one attached hydrogen (secondary N) is 2. The van der Waals surface area contributed by atoms with Crippen LogP contribution in [0.5, 0.6) is 0 Å². The molecule has 0 atom stereocenters. The summed E-state index contributed by atoms with van der Waals surface area (Å²) in [6, 6.07) is 5.15. The lowest BCUT2D eigenvalue weighted by molar-refractivity contribution is 0.135. The Kier molecular flexibility index (Phi) is 3.62. The number of hydrogen-bond acceptors (Lipinski definition) is 5. The zero-order valence-corrected chi connectivity index (χ0v) is 12.7. The second-order valence-corrected chi connectivity index (χ2v) is 6.97. The molecule has 3 rings (SSSR count). The number of fused-ring (bicyclic) bond motifs is 1. The Morgan fingerprint density at radius 1 is 1.24 bits per heavy atom. The van der Waals surface area contributed by atoms with Crippen LogP contribution in [0.4, 0.5) is 5.69 Å². The molecule has 21 heavy (non-hydrogen) atoms. The Labute approximate surface area is 123 Å². The molecular formula is C13H19N5O2S. The summed E-state index contributed by atoms with van der Waals surface area (Å²) in [6.45, 7) is 3.02. The molecule has 1 aliphatic heterocycles. The van der Waals surface area contributed by atoms with Gasteiger partial charge in [0.05, 0.1) is 0 Å². The third-order valence-corrected chi connectivity index (χ3v) is 5.13. The summed E-state index contributed by atoms with van der Waals surface area (Å²) in [5.41, 5.74) is 7.02. The first-order chi connectivity index (χ1) is 9.95. The fourth-order valence-electron chi connectivity index (χ4n) is 2.46. The van der Waals surface area contributed by atoms with Gasteiger partial charge in [-0.25, -0.2) is 13.4 Å². The number of anilines is 1. The van der Waals surface area contributed by atoms with Crippen molar-refractivity contribution >= 4 is 26.6 Å². The molecule has 1 saturated heterocycles. The van der Waals surface area contributed by atoms with Gasteiger partial charge in [0.2, 0.25) is 0 Å². The Hall–Kier alpha value is -1.61. The molecule has 0 amide bonds. The highest BCUT2D eigenvalue weighted by atomic mass is 32.2. The predicted molar refractivity (Wildman–Crippen MR) is 82.1 cm³/mol. The SMILES string of the molecule is CN1CCN(NS(=O)(=O)c2c[nH]c3cc(N)ccc23)CC1. The van der Waals surface area contributed by atoms with Gasteiger partial charge in [0.25, 0.3) is 10.0 Å². The maximum Gasteiger partial charge on any atom is 0.255 e. The summed E-state index contributed by atoms with van der Waals surface area (Å²) in [5.74, 6) is 0. The van der Waals surface area contributed by atoms with E-state index in [4.69, 9.17) is 5.73 Å². The molecule has 1 aromatic heterocycles. The lowest BCUT2D eigenvalue weighted by Gasteiger charge is -2.32. The van der Waals surface area contributed by atoms with E-state index < -0.39 is 10.0 Å². The van der Waals surface area contributed by atoms with Gasteiger partial charge in [-0.3, -0.25) is 0 Å². The van der Waals surface area contributed by atoms with Gasteiger partial charge in [-0.05, 0) is 25.2 Å². The van der Waals surface area contributed by atoms with Crippen molar-refractivity contribution < 1.29 is 8.42 Å². The van der Waals surface area contributed by atoms with E-state index in [1.54, 1.807) is 23.2 Å². The standard InChI is InChI=1S/C13H19N5O2S/c1-17-4-6-18(7-5-17)16-21(19,20)13-9-15-12-8-10(14)2-3-11(12)13/h2-3,8-9,15-16H,4-7,14H2,1H3. The van der Waals surface area contributed by atoms with E-state index in [1.807, 2.05) is 7.05 Å². The highest BCUT2D eigenvalue weighted by Gasteiger charge is 2.23. The molecule has 8 heteroatoms. The number of hydrogen-bond donors (Lipinski definition) is 3. The maximum absolute atomic E-state index is 12.5. The molecule has 0 bridgehead atoms. The van der Waals surface area contributed by atoms with Crippen molar-refractivity contribution in [1.82, 2.24) is 19.7 Å². The summed E-state index contributed by atoms with van der Waals surface area (Å²) in [6.07, 6.45) is 1.50. The summed E-state index contributed by atoms with van der Waals surface area (Å²) in [7, 11) is -1.56. The molecule has 0 unspecified atom stereocenters. The zero-order valence-electron chi connectivity index (χ0n) is 11.8. The number of likely N-dealkylation sites (N-methyl/N-ethyl adjacent to an activating group) is 1. The minimum atomic E-state index is -3.59. The average molecular weight is 309 g/mol. The quantitative estimate of drug-likeness (QED) is 0.704. The number of rotatable bonds is 3. The number of nitrogens with two attached hydrogens (primary N) is 1. The van der Waals surface area contributed by atoms with E-state index in [2.05, 4.69) is 14.7 Å². The fourth-order valence-corrected chi connectivity index (χ4v) is 3.76. The first-order valence-corrected chi connectivity index (χ1v) is 8.26. The van der Waals surface area contributed by atoms with E-state index >= 15 is 0 Å². The Morgan fingerprint density at radius 2 is 1.95 bits per heavy atom. The molecule has 4 N–H and O–H groups in total. The van der Waals surface area contributed by atoms with Crippen molar-refractivity contribution in [3.8, 4) is 0 Å². The van der Waals surface area contributed by atoms with Crippen LogP contribution >= 0.6 is 0 Å². The first-order valence-electron chi connectivity index (χ1n) is 6.78. The number of H-pyrrole nitrogens is 1. The van der Waals surface area contributed by atoms with Crippen LogP contribution in [0, 0.1) is 0 Å². The molecule has 2 heterocycles.